The second-order valence-electron chi connectivity index (χ2n) is 5.89. The first kappa shape index (κ1) is 15.8. The molecule has 1 amide bonds. The number of carbonyl (C=O) groups excluding carboxylic acids is 1. The SMILES string of the molecule is COc1ccc(C(C)NC(=O)C2CCCCC2CN)cc1. The Balaban J connectivity index is 1.97. The van der Waals surface area contributed by atoms with Gasteiger partial charge in [0.25, 0.3) is 0 Å². The van der Waals surface area contributed by atoms with Crippen molar-refractivity contribution in [1.29, 1.82) is 0 Å². The molecule has 1 aromatic rings. The van der Waals surface area contributed by atoms with E-state index in [1.807, 2.05) is 31.2 Å². The zero-order valence-corrected chi connectivity index (χ0v) is 13.0. The lowest BCUT2D eigenvalue weighted by atomic mass is 9.78. The van der Waals surface area contributed by atoms with E-state index in [1.165, 1.54) is 6.42 Å². The van der Waals surface area contributed by atoms with Crippen molar-refractivity contribution in [2.45, 2.75) is 38.6 Å². The van der Waals surface area contributed by atoms with Crippen molar-refractivity contribution in [2.24, 2.45) is 17.6 Å². The molecule has 0 radical (unpaired) electrons. The highest BCUT2D eigenvalue weighted by molar-refractivity contribution is 5.79. The molecule has 3 N–H and O–H groups in total. The minimum absolute atomic E-state index is 0.00348. The number of carbonyl (C=O) groups is 1. The minimum Gasteiger partial charge on any atom is -0.497 e. The lowest BCUT2D eigenvalue weighted by Gasteiger charge is -2.30. The van der Waals surface area contributed by atoms with Gasteiger partial charge in [-0.2, -0.15) is 0 Å². The van der Waals surface area contributed by atoms with Crippen LogP contribution in [0.3, 0.4) is 0 Å². The predicted octanol–water partition coefficient (Wildman–Crippen LogP) is 2.64. The van der Waals surface area contributed by atoms with E-state index in [1.54, 1.807) is 7.11 Å². The van der Waals surface area contributed by atoms with E-state index in [0.29, 0.717) is 12.5 Å². The summed E-state index contributed by atoms with van der Waals surface area (Å²) in [5.41, 5.74) is 6.90. The van der Waals surface area contributed by atoms with Crippen LogP contribution >= 0.6 is 0 Å². The maximum atomic E-state index is 12.5. The van der Waals surface area contributed by atoms with Crippen molar-refractivity contribution in [3.05, 3.63) is 29.8 Å². The van der Waals surface area contributed by atoms with Gasteiger partial charge in [0.2, 0.25) is 5.91 Å². The van der Waals surface area contributed by atoms with E-state index in [9.17, 15) is 4.79 Å². The number of nitrogens with one attached hydrogen (secondary N) is 1. The topological polar surface area (TPSA) is 64.3 Å². The Morgan fingerprint density at radius 1 is 1.33 bits per heavy atom. The molecule has 4 nitrogen and oxygen atoms in total. The van der Waals surface area contributed by atoms with E-state index in [2.05, 4.69) is 5.32 Å². The summed E-state index contributed by atoms with van der Waals surface area (Å²) in [5, 5.41) is 3.13. The molecule has 1 aliphatic carbocycles. The number of methoxy groups -OCH3 is 1. The number of amides is 1. The first-order valence-electron chi connectivity index (χ1n) is 7.80. The number of benzene rings is 1. The van der Waals surface area contributed by atoms with Gasteiger partial charge >= 0.3 is 0 Å². The van der Waals surface area contributed by atoms with Gasteiger partial charge in [-0.15, -0.1) is 0 Å². The van der Waals surface area contributed by atoms with Crippen LogP contribution in [0.15, 0.2) is 24.3 Å². The van der Waals surface area contributed by atoms with E-state index in [0.717, 1.165) is 30.6 Å². The Morgan fingerprint density at radius 3 is 2.62 bits per heavy atom. The van der Waals surface area contributed by atoms with Crippen LogP contribution in [0.5, 0.6) is 5.75 Å². The molecule has 0 aromatic heterocycles. The molecule has 0 heterocycles. The van der Waals surface area contributed by atoms with Gasteiger partial charge in [-0.05, 0) is 49.9 Å². The van der Waals surface area contributed by atoms with Crippen LogP contribution in [0.4, 0.5) is 0 Å². The van der Waals surface area contributed by atoms with Crippen molar-refractivity contribution in [1.82, 2.24) is 5.32 Å². The first-order valence-corrected chi connectivity index (χ1v) is 7.80. The molecule has 0 spiro atoms. The minimum atomic E-state index is 0.00348. The Morgan fingerprint density at radius 2 is 2.00 bits per heavy atom. The molecule has 3 unspecified atom stereocenters. The van der Waals surface area contributed by atoms with Crippen LogP contribution in [0.2, 0.25) is 0 Å². The van der Waals surface area contributed by atoms with Crippen LogP contribution in [-0.4, -0.2) is 19.6 Å². The number of nitrogens with two attached hydrogens (primary N) is 1. The smallest absolute Gasteiger partial charge is 0.223 e. The summed E-state index contributed by atoms with van der Waals surface area (Å²) in [7, 11) is 1.65. The van der Waals surface area contributed by atoms with Crippen molar-refractivity contribution in [3.63, 3.8) is 0 Å². The maximum absolute atomic E-state index is 12.5. The zero-order chi connectivity index (χ0) is 15.2. The Bertz CT molecular complexity index is 458. The second kappa shape index (κ2) is 7.46. The molecule has 1 fully saturated rings. The number of hydrogen-bond acceptors (Lipinski definition) is 3. The third-order valence-corrected chi connectivity index (χ3v) is 4.52. The van der Waals surface area contributed by atoms with Gasteiger partial charge < -0.3 is 15.8 Å². The first-order chi connectivity index (χ1) is 10.2. The molecule has 0 aliphatic heterocycles. The summed E-state index contributed by atoms with van der Waals surface area (Å²) < 4.78 is 5.15. The molecular weight excluding hydrogens is 264 g/mol. The molecule has 1 aromatic carbocycles. The van der Waals surface area contributed by atoms with Crippen LogP contribution in [0.1, 0.15) is 44.2 Å². The van der Waals surface area contributed by atoms with E-state index >= 15 is 0 Å². The molecule has 116 valence electrons. The van der Waals surface area contributed by atoms with Crippen molar-refractivity contribution >= 4 is 5.91 Å². The van der Waals surface area contributed by atoms with Crippen molar-refractivity contribution in [2.75, 3.05) is 13.7 Å². The summed E-state index contributed by atoms with van der Waals surface area (Å²) in [5.74, 6) is 1.38. The average molecular weight is 290 g/mol. The predicted molar refractivity (Wildman–Crippen MR) is 84.1 cm³/mol. The largest absolute Gasteiger partial charge is 0.497 e. The average Bonchev–Trinajstić information content (AvgIpc) is 2.54. The highest BCUT2D eigenvalue weighted by Gasteiger charge is 2.30. The lowest BCUT2D eigenvalue weighted by Crippen LogP contribution is -2.40. The Kier molecular flexibility index (Phi) is 5.62. The van der Waals surface area contributed by atoms with Crippen LogP contribution in [-0.2, 0) is 4.79 Å². The van der Waals surface area contributed by atoms with Gasteiger partial charge in [-0.1, -0.05) is 25.0 Å². The highest BCUT2D eigenvalue weighted by atomic mass is 16.5. The monoisotopic (exact) mass is 290 g/mol. The van der Waals surface area contributed by atoms with Gasteiger partial charge in [-0.3, -0.25) is 4.79 Å². The zero-order valence-electron chi connectivity index (χ0n) is 13.0. The standard InChI is InChI=1S/C17H26N2O2/c1-12(13-7-9-15(21-2)10-8-13)19-17(20)16-6-4-3-5-14(16)11-18/h7-10,12,14,16H,3-6,11,18H2,1-2H3,(H,19,20). The van der Waals surface area contributed by atoms with E-state index in [-0.39, 0.29) is 17.9 Å². The Hall–Kier alpha value is -1.55. The molecule has 1 saturated carbocycles. The summed E-state index contributed by atoms with van der Waals surface area (Å²) >= 11 is 0. The molecule has 3 atom stereocenters. The summed E-state index contributed by atoms with van der Waals surface area (Å²) in [6, 6.07) is 7.82. The molecule has 0 saturated heterocycles. The van der Waals surface area contributed by atoms with Gasteiger partial charge in [0.1, 0.15) is 5.75 Å². The highest BCUT2D eigenvalue weighted by Crippen LogP contribution is 2.30. The normalized spacial score (nSPS) is 23.4. The van der Waals surface area contributed by atoms with Gasteiger partial charge in [0.05, 0.1) is 13.2 Å². The number of ether oxygens (including phenoxy) is 1. The fourth-order valence-electron chi connectivity index (χ4n) is 3.13. The van der Waals surface area contributed by atoms with E-state index < -0.39 is 0 Å². The summed E-state index contributed by atoms with van der Waals surface area (Å²) in [6.07, 6.45) is 4.36. The molecule has 1 aliphatic rings. The van der Waals surface area contributed by atoms with E-state index in [4.69, 9.17) is 10.5 Å². The van der Waals surface area contributed by atoms with Gasteiger partial charge in [0.15, 0.2) is 0 Å². The van der Waals surface area contributed by atoms with Crippen molar-refractivity contribution in [3.8, 4) is 5.75 Å². The summed E-state index contributed by atoms with van der Waals surface area (Å²) in [4.78, 5) is 12.5. The van der Waals surface area contributed by atoms with Crippen LogP contribution in [0, 0.1) is 11.8 Å². The third-order valence-electron chi connectivity index (χ3n) is 4.52. The molecule has 0 bridgehead atoms. The molecule has 21 heavy (non-hydrogen) atoms. The lowest BCUT2D eigenvalue weighted by molar-refractivity contribution is -0.128. The fraction of sp³-hybridized carbons (Fsp3) is 0.588. The maximum Gasteiger partial charge on any atom is 0.223 e. The quantitative estimate of drug-likeness (QED) is 0.876. The molecule has 4 heteroatoms. The fourth-order valence-corrected chi connectivity index (χ4v) is 3.13. The third kappa shape index (κ3) is 3.97. The molecule has 2 rings (SSSR count). The Labute approximate surface area is 127 Å². The van der Waals surface area contributed by atoms with Crippen LogP contribution < -0.4 is 15.8 Å². The van der Waals surface area contributed by atoms with Crippen LogP contribution in [0.25, 0.3) is 0 Å². The van der Waals surface area contributed by atoms with Crippen molar-refractivity contribution < 1.29 is 9.53 Å². The molecular formula is C17H26N2O2. The van der Waals surface area contributed by atoms with Gasteiger partial charge in [0, 0.05) is 5.92 Å². The second-order valence-corrected chi connectivity index (χ2v) is 5.89. The number of hydrogen-bond donors (Lipinski definition) is 2. The summed E-state index contributed by atoms with van der Waals surface area (Å²) in [6.45, 7) is 2.62. The number of rotatable bonds is 5. The van der Waals surface area contributed by atoms with Gasteiger partial charge in [-0.25, -0.2) is 0 Å².